The molecule has 0 atom stereocenters. The van der Waals surface area contributed by atoms with Crippen LogP contribution in [0, 0.1) is 13.8 Å². The highest BCUT2D eigenvalue weighted by molar-refractivity contribution is 7.89. The number of benzene rings is 2. The minimum absolute atomic E-state index is 0.0216. The minimum atomic E-state index is -3.56. The minimum Gasteiger partial charge on any atom is -0.368 e. The molecule has 1 heterocycles. The molecule has 1 aliphatic rings. The molecule has 0 fully saturated rings. The van der Waals surface area contributed by atoms with Crippen LogP contribution in [0.1, 0.15) is 35.1 Å². The number of carbonyl (C=O) groups excluding carboxylic acids is 1. The number of hydrogen-bond donors (Lipinski definition) is 1. The number of amides is 1. The number of rotatable bonds is 10. The Labute approximate surface area is 197 Å². The van der Waals surface area contributed by atoms with Gasteiger partial charge in [0.05, 0.1) is 11.4 Å². The summed E-state index contributed by atoms with van der Waals surface area (Å²) in [6.45, 7) is 6.39. The van der Waals surface area contributed by atoms with Crippen molar-refractivity contribution in [1.29, 1.82) is 0 Å². The molecule has 3 rings (SSSR count). The first kappa shape index (κ1) is 24.9. The summed E-state index contributed by atoms with van der Waals surface area (Å²) in [5, 5.41) is 3.26. The third kappa shape index (κ3) is 6.65. The van der Waals surface area contributed by atoms with Gasteiger partial charge in [-0.15, -0.1) is 0 Å². The third-order valence-electron chi connectivity index (χ3n) is 5.83. The van der Waals surface area contributed by atoms with Crippen molar-refractivity contribution < 1.29 is 13.2 Å². The summed E-state index contributed by atoms with van der Waals surface area (Å²) in [6, 6.07) is 13.6. The molecule has 0 aliphatic carbocycles. The van der Waals surface area contributed by atoms with Crippen LogP contribution in [0.5, 0.6) is 0 Å². The molecule has 0 saturated heterocycles. The van der Waals surface area contributed by atoms with Crippen LogP contribution in [0.3, 0.4) is 0 Å². The monoisotopic (exact) mass is 470 g/mol. The first-order valence-corrected chi connectivity index (χ1v) is 12.8. The van der Waals surface area contributed by atoms with Gasteiger partial charge in [-0.2, -0.15) is 0 Å². The first-order valence-electron chi connectivity index (χ1n) is 11.3. The molecule has 33 heavy (non-hydrogen) atoms. The van der Waals surface area contributed by atoms with Crippen molar-refractivity contribution in [2.75, 3.05) is 40.3 Å². The van der Waals surface area contributed by atoms with Crippen molar-refractivity contribution in [2.45, 2.75) is 38.0 Å². The lowest BCUT2D eigenvalue weighted by Gasteiger charge is -2.20. The number of hydrogen-bond acceptors (Lipinski definition) is 5. The zero-order valence-electron chi connectivity index (χ0n) is 20.0. The van der Waals surface area contributed by atoms with E-state index in [1.807, 2.05) is 19.9 Å². The summed E-state index contributed by atoms with van der Waals surface area (Å²) < 4.78 is 27.0. The molecule has 1 aliphatic heterocycles. The number of nitrogens with one attached hydrogen (secondary N) is 1. The van der Waals surface area contributed by atoms with Crippen LogP contribution in [0.15, 0.2) is 52.4 Å². The molecule has 0 unspecified atom stereocenters. The average molecular weight is 471 g/mol. The van der Waals surface area contributed by atoms with Crippen LogP contribution in [0.25, 0.3) is 0 Å². The zero-order chi connectivity index (χ0) is 24.0. The number of carbonyl (C=O) groups is 1. The van der Waals surface area contributed by atoms with Crippen LogP contribution >= 0.6 is 0 Å². The summed E-state index contributed by atoms with van der Waals surface area (Å²) in [5.41, 5.74) is 4.08. The number of aliphatic imine (C=N–C) groups is 1. The molecule has 1 amide bonds. The molecule has 0 saturated carbocycles. The van der Waals surface area contributed by atoms with Gasteiger partial charge in [-0.3, -0.25) is 9.79 Å². The topological polar surface area (TPSA) is 82.1 Å². The van der Waals surface area contributed by atoms with Gasteiger partial charge >= 0.3 is 0 Å². The highest BCUT2D eigenvalue weighted by Crippen LogP contribution is 2.18. The van der Waals surface area contributed by atoms with E-state index >= 15 is 0 Å². The Hall–Kier alpha value is -2.71. The van der Waals surface area contributed by atoms with Gasteiger partial charge in [0.2, 0.25) is 15.9 Å². The lowest BCUT2D eigenvalue weighted by Crippen LogP contribution is -2.31. The second-order valence-electron chi connectivity index (χ2n) is 8.67. The predicted octanol–water partition coefficient (Wildman–Crippen LogP) is 2.76. The van der Waals surface area contributed by atoms with Crippen molar-refractivity contribution >= 4 is 21.8 Å². The van der Waals surface area contributed by atoms with Gasteiger partial charge in [-0.1, -0.05) is 30.3 Å². The summed E-state index contributed by atoms with van der Waals surface area (Å²) in [6.07, 6.45) is 1.56. The van der Waals surface area contributed by atoms with Crippen LogP contribution in [0.4, 0.5) is 0 Å². The Kier molecular flexibility index (Phi) is 8.26. The molecular formula is C25H34N4O3S. The van der Waals surface area contributed by atoms with E-state index in [-0.39, 0.29) is 5.91 Å². The lowest BCUT2D eigenvalue weighted by molar-refractivity contribution is -0.130. The van der Waals surface area contributed by atoms with Crippen molar-refractivity contribution in [3.8, 4) is 0 Å². The molecule has 0 radical (unpaired) electrons. The normalized spacial score (nSPS) is 13.7. The summed E-state index contributed by atoms with van der Waals surface area (Å²) in [4.78, 5) is 19.0. The average Bonchev–Trinajstić information content (AvgIpc) is 3.32. The maximum absolute atomic E-state index is 12.8. The molecule has 0 bridgehead atoms. The van der Waals surface area contributed by atoms with Gasteiger partial charge in [0, 0.05) is 45.7 Å². The first-order chi connectivity index (χ1) is 15.7. The number of aryl methyl sites for hydroxylation is 2. The quantitative estimate of drug-likeness (QED) is 0.579. The Balaban J connectivity index is 1.44. The Morgan fingerprint density at radius 2 is 1.70 bits per heavy atom. The van der Waals surface area contributed by atoms with E-state index in [9.17, 15) is 13.2 Å². The number of likely N-dealkylation sites (N-methyl/N-ethyl adjacent to an activating group) is 1. The lowest BCUT2D eigenvalue weighted by atomic mass is 10.1. The SMILES string of the molecule is Cc1cc(C)cc(S(=O)(=O)N(C)CCCC(=O)N(C)CCc2ccc(C3=NCCN3)cc2)c1. The molecule has 8 heteroatoms. The van der Waals surface area contributed by atoms with Crippen LogP contribution in [-0.4, -0.2) is 69.6 Å². The molecule has 2 aromatic rings. The molecule has 0 aromatic heterocycles. The number of amidine groups is 1. The molecule has 178 valence electrons. The van der Waals surface area contributed by atoms with E-state index in [1.54, 1.807) is 31.1 Å². The Morgan fingerprint density at radius 3 is 2.30 bits per heavy atom. The predicted molar refractivity (Wildman–Crippen MR) is 132 cm³/mol. The largest absolute Gasteiger partial charge is 0.368 e. The van der Waals surface area contributed by atoms with Crippen LogP contribution < -0.4 is 5.32 Å². The van der Waals surface area contributed by atoms with Gasteiger partial charge in [-0.25, -0.2) is 12.7 Å². The van der Waals surface area contributed by atoms with E-state index in [2.05, 4.69) is 34.6 Å². The van der Waals surface area contributed by atoms with E-state index in [1.165, 1.54) is 4.31 Å². The fourth-order valence-electron chi connectivity index (χ4n) is 3.87. The van der Waals surface area contributed by atoms with Crippen LogP contribution in [-0.2, 0) is 21.2 Å². The van der Waals surface area contributed by atoms with E-state index in [0.717, 1.165) is 47.6 Å². The smallest absolute Gasteiger partial charge is 0.242 e. The maximum atomic E-state index is 12.8. The highest BCUT2D eigenvalue weighted by atomic mass is 32.2. The van der Waals surface area contributed by atoms with E-state index in [4.69, 9.17) is 0 Å². The van der Waals surface area contributed by atoms with E-state index < -0.39 is 10.0 Å². The summed E-state index contributed by atoms with van der Waals surface area (Å²) in [5.74, 6) is 0.965. The number of nitrogens with zero attached hydrogens (tertiary/aromatic N) is 3. The molecule has 2 aromatic carbocycles. The second kappa shape index (κ2) is 10.9. The van der Waals surface area contributed by atoms with Gasteiger partial charge in [0.15, 0.2) is 0 Å². The molecule has 0 spiro atoms. The van der Waals surface area contributed by atoms with Crippen LogP contribution in [0.2, 0.25) is 0 Å². The molecule has 1 N–H and O–H groups in total. The standard InChI is InChI=1S/C25H34N4O3S/c1-19-16-20(2)18-23(17-19)33(31,32)29(4)14-5-6-24(30)28(3)15-11-21-7-9-22(10-8-21)25-26-12-13-27-25/h7-10,16-18H,5-6,11-15H2,1-4H3,(H,26,27). The maximum Gasteiger partial charge on any atom is 0.242 e. The van der Waals surface area contributed by atoms with Crippen molar-refractivity contribution in [3.05, 3.63) is 64.7 Å². The Morgan fingerprint density at radius 1 is 1.03 bits per heavy atom. The summed E-state index contributed by atoms with van der Waals surface area (Å²) >= 11 is 0. The van der Waals surface area contributed by atoms with Gasteiger partial charge in [0.1, 0.15) is 5.84 Å². The third-order valence-corrected chi connectivity index (χ3v) is 7.66. The second-order valence-corrected chi connectivity index (χ2v) is 10.7. The zero-order valence-corrected chi connectivity index (χ0v) is 20.8. The molecular weight excluding hydrogens is 436 g/mol. The summed E-state index contributed by atoms with van der Waals surface area (Å²) in [7, 11) is -0.200. The highest BCUT2D eigenvalue weighted by Gasteiger charge is 2.21. The van der Waals surface area contributed by atoms with Gasteiger partial charge < -0.3 is 10.2 Å². The van der Waals surface area contributed by atoms with Gasteiger partial charge in [-0.05, 0) is 55.5 Å². The van der Waals surface area contributed by atoms with E-state index in [0.29, 0.717) is 30.8 Å². The van der Waals surface area contributed by atoms with Crippen molar-refractivity contribution in [2.24, 2.45) is 4.99 Å². The fraction of sp³-hybridized carbons (Fsp3) is 0.440. The Bertz CT molecular complexity index is 1090. The van der Waals surface area contributed by atoms with Gasteiger partial charge in [0.25, 0.3) is 0 Å². The number of sulfonamides is 1. The molecule has 7 nitrogen and oxygen atoms in total. The fourth-order valence-corrected chi connectivity index (χ4v) is 5.27. The van der Waals surface area contributed by atoms with Crippen molar-refractivity contribution in [3.63, 3.8) is 0 Å². The van der Waals surface area contributed by atoms with Crippen molar-refractivity contribution in [1.82, 2.24) is 14.5 Å².